The van der Waals surface area contributed by atoms with Gasteiger partial charge in [0, 0.05) is 35.4 Å². The van der Waals surface area contributed by atoms with Crippen LogP contribution in [0.1, 0.15) is 29.1 Å². The van der Waals surface area contributed by atoms with E-state index in [1.165, 1.54) is 29.0 Å². The first-order valence-electron chi connectivity index (χ1n) is 9.35. The van der Waals surface area contributed by atoms with Crippen LogP contribution >= 0.6 is 35.1 Å². The Bertz CT molecular complexity index is 684. The molecule has 2 aromatic rings. The molecule has 1 saturated heterocycles. The predicted molar refractivity (Wildman–Crippen MR) is 113 cm³/mol. The van der Waals surface area contributed by atoms with Crippen LogP contribution in [0.4, 0.5) is 0 Å². The van der Waals surface area contributed by atoms with E-state index in [1.54, 1.807) is 11.3 Å². The number of hydrogen-bond donors (Lipinski definition) is 2. The zero-order valence-electron chi connectivity index (χ0n) is 15.2. The Labute approximate surface area is 170 Å². The number of hydrogen-bond acceptors (Lipinski definition) is 6. The van der Waals surface area contributed by atoms with Gasteiger partial charge in [-0.15, -0.1) is 35.1 Å². The molecule has 0 radical (unpaired) electrons. The number of nitrogens with one attached hydrogen (secondary N) is 2. The van der Waals surface area contributed by atoms with Crippen LogP contribution in [-0.2, 0) is 11.2 Å². The summed E-state index contributed by atoms with van der Waals surface area (Å²) in [7, 11) is 0. The molecule has 1 aliphatic carbocycles. The molecular formula is C19H28ClN3OS2. The van der Waals surface area contributed by atoms with Crippen LogP contribution in [0.15, 0.2) is 17.5 Å². The molecule has 2 N–H and O–H groups in total. The van der Waals surface area contributed by atoms with Gasteiger partial charge in [-0.05, 0) is 44.2 Å². The van der Waals surface area contributed by atoms with Crippen molar-refractivity contribution in [3.8, 4) is 10.6 Å². The van der Waals surface area contributed by atoms with E-state index in [1.807, 2.05) is 11.3 Å². The summed E-state index contributed by atoms with van der Waals surface area (Å²) in [6.07, 6.45) is 5.07. The Hall–Kier alpha value is -0.500. The molecule has 1 saturated carbocycles. The molecule has 4 rings (SSSR count). The topological polar surface area (TPSA) is 46.2 Å². The summed E-state index contributed by atoms with van der Waals surface area (Å²) in [5.41, 5.74) is 1.13. The molecular weight excluding hydrogens is 386 g/mol. The van der Waals surface area contributed by atoms with E-state index in [0.717, 1.165) is 49.3 Å². The highest BCUT2D eigenvalue weighted by Crippen LogP contribution is 2.31. The number of aromatic nitrogens is 1. The van der Waals surface area contributed by atoms with Crippen molar-refractivity contribution in [2.24, 2.45) is 5.92 Å². The second-order valence-electron chi connectivity index (χ2n) is 7.06. The monoisotopic (exact) mass is 413 g/mol. The minimum Gasteiger partial charge on any atom is -0.379 e. The first-order chi connectivity index (χ1) is 12.3. The zero-order valence-corrected chi connectivity index (χ0v) is 17.7. The normalized spacial score (nSPS) is 26.0. The molecule has 0 bridgehead atoms. The number of ether oxygens (including phenoxy) is 1. The quantitative estimate of drug-likeness (QED) is 0.754. The van der Waals surface area contributed by atoms with Gasteiger partial charge in [0.15, 0.2) is 0 Å². The van der Waals surface area contributed by atoms with Crippen LogP contribution in [-0.4, -0.2) is 43.4 Å². The van der Waals surface area contributed by atoms with E-state index in [2.05, 4.69) is 40.1 Å². The molecule has 3 heterocycles. The maximum Gasteiger partial charge on any atom is 0.0914 e. The van der Waals surface area contributed by atoms with Gasteiger partial charge >= 0.3 is 0 Å². The predicted octanol–water partition coefficient (Wildman–Crippen LogP) is 3.89. The average Bonchev–Trinajstić information content (AvgIpc) is 3.36. The fourth-order valence-corrected chi connectivity index (χ4v) is 5.75. The van der Waals surface area contributed by atoms with Gasteiger partial charge in [0.1, 0.15) is 0 Å². The van der Waals surface area contributed by atoms with Gasteiger partial charge in [-0.3, -0.25) is 0 Å². The summed E-state index contributed by atoms with van der Waals surface area (Å²) in [6, 6.07) is 5.66. The summed E-state index contributed by atoms with van der Waals surface area (Å²) >= 11 is 3.61. The highest BCUT2D eigenvalue weighted by molar-refractivity contribution is 7.16. The minimum absolute atomic E-state index is 0. The van der Waals surface area contributed by atoms with Gasteiger partial charge in [-0.2, -0.15) is 0 Å². The molecule has 2 aromatic heterocycles. The molecule has 26 heavy (non-hydrogen) atoms. The summed E-state index contributed by atoms with van der Waals surface area (Å²) in [5.74, 6) is 0.720. The minimum atomic E-state index is 0. The number of thiophene rings is 1. The molecule has 2 aliphatic rings. The van der Waals surface area contributed by atoms with Gasteiger partial charge in [0.25, 0.3) is 0 Å². The van der Waals surface area contributed by atoms with Crippen molar-refractivity contribution in [2.75, 3.05) is 26.3 Å². The van der Waals surface area contributed by atoms with Crippen molar-refractivity contribution in [3.63, 3.8) is 0 Å². The molecule has 0 aromatic carbocycles. The van der Waals surface area contributed by atoms with E-state index in [-0.39, 0.29) is 12.4 Å². The second-order valence-corrected chi connectivity index (χ2v) is 9.29. The van der Waals surface area contributed by atoms with Gasteiger partial charge < -0.3 is 15.4 Å². The molecule has 1 aliphatic heterocycles. The van der Waals surface area contributed by atoms with Crippen molar-refractivity contribution in [2.45, 2.75) is 44.7 Å². The highest BCUT2D eigenvalue weighted by Gasteiger charge is 2.34. The molecule has 144 valence electrons. The largest absolute Gasteiger partial charge is 0.379 e. The maximum absolute atomic E-state index is 5.67. The van der Waals surface area contributed by atoms with E-state index < -0.39 is 0 Å². The van der Waals surface area contributed by atoms with Crippen molar-refractivity contribution in [1.82, 2.24) is 15.6 Å². The Morgan fingerprint density at radius 2 is 2.27 bits per heavy atom. The number of nitrogens with zero attached hydrogens (tertiary/aromatic N) is 1. The highest BCUT2D eigenvalue weighted by atomic mass is 35.5. The van der Waals surface area contributed by atoms with Crippen molar-refractivity contribution in [1.29, 1.82) is 0 Å². The Balaban J connectivity index is 0.00000196. The maximum atomic E-state index is 5.67. The van der Waals surface area contributed by atoms with E-state index in [9.17, 15) is 0 Å². The molecule has 4 nitrogen and oxygen atoms in total. The Kier molecular flexibility index (Phi) is 7.49. The molecule has 3 unspecified atom stereocenters. The third kappa shape index (κ3) is 4.86. The fourth-order valence-electron chi connectivity index (χ4n) is 4.09. The standard InChI is InChI=1S/C19H27N3OS2.ClH/c1-13-22-18(12-24-13)19-6-5-14(25-19)7-8-20-16-4-2-3-15(16)17-11-23-10-9-21-17;/h5-6,12,15-17,20-21H,2-4,7-11H2,1H3;1H. The summed E-state index contributed by atoms with van der Waals surface area (Å²) < 4.78 is 5.67. The fraction of sp³-hybridized carbons (Fsp3) is 0.632. The molecule has 0 amide bonds. The number of morpholine rings is 1. The summed E-state index contributed by atoms with van der Waals surface area (Å²) in [6.45, 7) is 5.87. The summed E-state index contributed by atoms with van der Waals surface area (Å²) in [4.78, 5) is 7.33. The van der Waals surface area contributed by atoms with Crippen molar-refractivity contribution < 1.29 is 4.74 Å². The van der Waals surface area contributed by atoms with E-state index >= 15 is 0 Å². The number of aryl methyl sites for hydroxylation is 1. The van der Waals surface area contributed by atoms with Crippen LogP contribution in [0, 0.1) is 12.8 Å². The van der Waals surface area contributed by atoms with Gasteiger partial charge in [-0.1, -0.05) is 6.42 Å². The van der Waals surface area contributed by atoms with Crippen molar-refractivity contribution >= 4 is 35.1 Å². The lowest BCUT2D eigenvalue weighted by Gasteiger charge is -2.33. The lowest BCUT2D eigenvalue weighted by molar-refractivity contribution is 0.0526. The van der Waals surface area contributed by atoms with Crippen LogP contribution < -0.4 is 10.6 Å². The van der Waals surface area contributed by atoms with Crippen LogP contribution in [0.3, 0.4) is 0 Å². The van der Waals surface area contributed by atoms with E-state index in [0.29, 0.717) is 12.1 Å². The third-order valence-corrected chi connectivity index (χ3v) is 7.29. The summed E-state index contributed by atoms with van der Waals surface area (Å²) in [5, 5.41) is 10.8. The number of halogens is 1. The van der Waals surface area contributed by atoms with Crippen LogP contribution in [0.2, 0.25) is 0 Å². The van der Waals surface area contributed by atoms with Crippen molar-refractivity contribution in [3.05, 3.63) is 27.4 Å². The molecule has 0 spiro atoms. The molecule has 3 atom stereocenters. The second kappa shape index (κ2) is 9.62. The van der Waals surface area contributed by atoms with E-state index in [4.69, 9.17) is 4.74 Å². The zero-order chi connectivity index (χ0) is 17.1. The number of rotatable bonds is 6. The smallest absolute Gasteiger partial charge is 0.0914 e. The van der Waals surface area contributed by atoms with Gasteiger partial charge in [-0.25, -0.2) is 4.98 Å². The van der Waals surface area contributed by atoms with Gasteiger partial charge in [0.2, 0.25) is 0 Å². The molecule has 7 heteroatoms. The Morgan fingerprint density at radius 3 is 3.04 bits per heavy atom. The van der Waals surface area contributed by atoms with Crippen LogP contribution in [0.25, 0.3) is 10.6 Å². The van der Waals surface area contributed by atoms with Gasteiger partial charge in [0.05, 0.1) is 28.8 Å². The SMILES string of the molecule is Cc1nc(-c2ccc(CCNC3CCCC3C3COCCN3)s2)cs1.Cl. The average molecular weight is 414 g/mol. The lowest BCUT2D eigenvalue weighted by atomic mass is 9.94. The number of thiazole rings is 1. The third-order valence-electron chi connectivity index (χ3n) is 5.35. The Morgan fingerprint density at radius 1 is 1.35 bits per heavy atom. The lowest BCUT2D eigenvalue weighted by Crippen LogP contribution is -2.51. The first-order valence-corrected chi connectivity index (χ1v) is 11.0. The van der Waals surface area contributed by atoms with Crippen LogP contribution in [0.5, 0.6) is 0 Å². The molecule has 2 fully saturated rings. The first kappa shape index (κ1) is 20.2.